The van der Waals surface area contributed by atoms with Crippen LogP contribution >= 0.6 is 15.9 Å². The zero-order valence-corrected chi connectivity index (χ0v) is 11.0. The molecule has 5 heteroatoms. The first-order chi connectivity index (χ1) is 7.79. The van der Waals surface area contributed by atoms with Crippen LogP contribution in [-0.2, 0) is 0 Å². The van der Waals surface area contributed by atoms with E-state index in [0.717, 1.165) is 16.9 Å². The largest absolute Gasteiger partial charge is 0.480 e. The summed E-state index contributed by atoms with van der Waals surface area (Å²) in [4.78, 5) is 8.42. The van der Waals surface area contributed by atoms with Crippen molar-refractivity contribution in [3.05, 3.63) is 10.7 Å². The van der Waals surface area contributed by atoms with Crippen LogP contribution in [0, 0.1) is 5.92 Å². The van der Waals surface area contributed by atoms with Crippen LogP contribution in [0.25, 0.3) is 0 Å². The molecule has 0 radical (unpaired) electrons. The van der Waals surface area contributed by atoms with E-state index in [2.05, 4.69) is 31.2 Å². The average Bonchev–Trinajstić information content (AvgIpc) is 2.24. The molecule has 0 aromatic carbocycles. The molecule has 1 aromatic rings. The Hall–Kier alpha value is -0.840. The lowest BCUT2D eigenvalue weighted by Gasteiger charge is -2.25. The van der Waals surface area contributed by atoms with Crippen LogP contribution in [0.4, 0.5) is 5.95 Å². The summed E-state index contributed by atoms with van der Waals surface area (Å²) in [6.45, 7) is 0.940. The molecule has 0 atom stereocenters. The Morgan fingerprint density at radius 3 is 3.00 bits per heavy atom. The summed E-state index contributed by atoms with van der Waals surface area (Å²) >= 11 is 3.32. The second-order valence-electron chi connectivity index (χ2n) is 4.06. The van der Waals surface area contributed by atoms with Gasteiger partial charge in [0.25, 0.3) is 0 Å². The Morgan fingerprint density at radius 1 is 1.56 bits per heavy atom. The van der Waals surface area contributed by atoms with Crippen LogP contribution in [0.3, 0.4) is 0 Å². The predicted molar refractivity (Wildman–Crippen MR) is 66.7 cm³/mol. The Balaban J connectivity index is 1.83. The molecule has 0 aliphatic heterocycles. The summed E-state index contributed by atoms with van der Waals surface area (Å²) in [5.41, 5.74) is 0. The molecule has 1 N–H and O–H groups in total. The summed E-state index contributed by atoms with van der Waals surface area (Å²) in [5.74, 6) is 2.12. The highest BCUT2D eigenvalue weighted by atomic mass is 79.9. The lowest BCUT2D eigenvalue weighted by Crippen LogP contribution is -2.16. The molecule has 16 heavy (non-hydrogen) atoms. The van der Waals surface area contributed by atoms with Crippen LogP contribution in [0.15, 0.2) is 10.7 Å². The Morgan fingerprint density at radius 2 is 2.38 bits per heavy atom. The minimum atomic E-state index is 0.571. The molecule has 0 amide bonds. The number of hydrogen-bond acceptors (Lipinski definition) is 4. The highest BCUT2D eigenvalue weighted by molar-refractivity contribution is 9.10. The van der Waals surface area contributed by atoms with E-state index < -0.39 is 0 Å². The summed E-state index contributed by atoms with van der Waals surface area (Å²) < 4.78 is 5.88. The smallest absolute Gasteiger partial charge is 0.232 e. The van der Waals surface area contributed by atoms with Gasteiger partial charge in [0, 0.05) is 6.54 Å². The van der Waals surface area contributed by atoms with Crippen molar-refractivity contribution in [2.24, 2.45) is 5.92 Å². The zero-order chi connectivity index (χ0) is 11.4. The van der Waals surface area contributed by atoms with Crippen LogP contribution in [0.5, 0.6) is 5.88 Å². The van der Waals surface area contributed by atoms with Gasteiger partial charge < -0.3 is 10.1 Å². The van der Waals surface area contributed by atoms with Gasteiger partial charge in [0.1, 0.15) is 0 Å². The summed E-state index contributed by atoms with van der Waals surface area (Å²) in [6, 6.07) is 0. The van der Waals surface area contributed by atoms with Crippen molar-refractivity contribution in [3.63, 3.8) is 0 Å². The number of anilines is 1. The van der Waals surface area contributed by atoms with Crippen LogP contribution in [0.1, 0.15) is 25.7 Å². The fourth-order valence-corrected chi connectivity index (χ4v) is 2.10. The van der Waals surface area contributed by atoms with Gasteiger partial charge in [0.05, 0.1) is 17.8 Å². The van der Waals surface area contributed by atoms with Crippen molar-refractivity contribution in [2.45, 2.75) is 25.7 Å². The molecule has 1 aliphatic carbocycles. The molecule has 0 unspecified atom stereocenters. The predicted octanol–water partition coefficient (Wildman–Crippen LogP) is 2.85. The number of nitrogens with zero attached hydrogens (tertiary/aromatic N) is 2. The van der Waals surface area contributed by atoms with Gasteiger partial charge in [-0.15, -0.1) is 0 Å². The van der Waals surface area contributed by atoms with Gasteiger partial charge in [-0.1, -0.05) is 19.3 Å². The van der Waals surface area contributed by atoms with Crippen LogP contribution in [-0.4, -0.2) is 23.6 Å². The molecule has 1 aromatic heterocycles. The van der Waals surface area contributed by atoms with Crippen molar-refractivity contribution >= 4 is 21.9 Å². The lowest BCUT2D eigenvalue weighted by molar-refractivity contribution is 0.302. The number of rotatable bonds is 5. The van der Waals surface area contributed by atoms with Crippen LogP contribution < -0.4 is 10.1 Å². The van der Waals surface area contributed by atoms with E-state index in [9.17, 15) is 0 Å². The van der Waals surface area contributed by atoms with Crippen molar-refractivity contribution in [2.75, 3.05) is 19.0 Å². The number of nitrogens with one attached hydrogen (secondary N) is 1. The van der Waals surface area contributed by atoms with Crippen LogP contribution in [0.2, 0.25) is 0 Å². The molecule has 1 aliphatic rings. The first-order valence-electron chi connectivity index (χ1n) is 5.60. The topological polar surface area (TPSA) is 47.0 Å². The zero-order valence-electron chi connectivity index (χ0n) is 9.37. The van der Waals surface area contributed by atoms with E-state index in [1.54, 1.807) is 13.3 Å². The second kappa shape index (κ2) is 5.48. The van der Waals surface area contributed by atoms with Gasteiger partial charge in [-0.05, 0) is 28.3 Å². The third-order valence-electron chi connectivity index (χ3n) is 2.97. The molecule has 1 heterocycles. The highest BCUT2D eigenvalue weighted by Crippen LogP contribution is 2.29. The normalized spacial score (nSPS) is 15.6. The molecule has 0 saturated heterocycles. The molecular formula is C11H16BrN3O. The molecular weight excluding hydrogens is 270 g/mol. The van der Waals surface area contributed by atoms with Crippen molar-refractivity contribution in [3.8, 4) is 5.88 Å². The fourth-order valence-electron chi connectivity index (χ4n) is 1.75. The number of hydrogen-bond donors (Lipinski definition) is 1. The van der Waals surface area contributed by atoms with E-state index in [1.807, 2.05) is 0 Å². The van der Waals surface area contributed by atoms with Gasteiger partial charge in [-0.2, -0.15) is 4.98 Å². The second-order valence-corrected chi connectivity index (χ2v) is 4.92. The first-order valence-corrected chi connectivity index (χ1v) is 6.39. The van der Waals surface area contributed by atoms with Gasteiger partial charge >= 0.3 is 0 Å². The van der Waals surface area contributed by atoms with Gasteiger partial charge in [-0.3, -0.25) is 0 Å². The van der Waals surface area contributed by atoms with Gasteiger partial charge in [0.2, 0.25) is 11.8 Å². The quantitative estimate of drug-likeness (QED) is 0.904. The number of aromatic nitrogens is 2. The van der Waals surface area contributed by atoms with Crippen molar-refractivity contribution < 1.29 is 4.74 Å². The average molecular weight is 286 g/mol. The van der Waals surface area contributed by atoms with E-state index in [0.29, 0.717) is 11.8 Å². The minimum absolute atomic E-state index is 0.571. The maximum absolute atomic E-state index is 5.11. The number of methoxy groups -OCH3 is 1. The molecule has 1 saturated carbocycles. The van der Waals surface area contributed by atoms with Crippen molar-refractivity contribution in [1.82, 2.24) is 9.97 Å². The van der Waals surface area contributed by atoms with E-state index in [-0.39, 0.29) is 0 Å². The molecule has 88 valence electrons. The first kappa shape index (κ1) is 11.6. The Bertz CT molecular complexity index is 355. The maximum atomic E-state index is 5.11. The Labute approximate surface area is 104 Å². The monoisotopic (exact) mass is 285 g/mol. The number of ether oxygens (including phenoxy) is 1. The molecule has 2 rings (SSSR count). The molecule has 4 nitrogen and oxygen atoms in total. The number of halogens is 1. The third kappa shape index (κ3) is 2.84. The lowest BCUT2D eigenvalue weighted by atomic mass is 9.83. The standard InChI is InChI=1S/C11H16BrN3O/c1-16-10-9(12)7-14-11(15-10)13-6-5-8-3-2-4-8/h7-8H,2-6H2,1H3,(H,13,14,15). The van der Waals surface area contributed by atoms with E-state index in [1.165, 1.54) is 25.7 Å². The van der Waals surface area contributed by atoms with Crippen molar-refractivity contribution in [1.29, 1.82) is 0 Å². The minimum Gasteiger partial charge on any atom is -0.480 e. The highest BCUT2D eigenvalue weighted by Gasteiger charge is 2.16. The third-order valence-corrected chi connectivity index (χ3v) is 3.51. The summed E-state index contributed by atoms with van der Waals surface area (Å²) in [6.07, 6.45) is 7.07. The molecule has 0 spiro atoms. The SMILES string of the molecule is COc1nc(NCCC2CCC2)ncc1Br. The molecule has 0 bridgehead atoms. The van der Waals surface area contributed by atoms with Gasteiger partial charge in [-0.25, -0.2) is 4.98 Å². The Kier molecular flexibility index (Phi) is 3.98. The van der Waals surface area contributed by atoms with E-state index in [4.69, 9.17) is 4.74 Å². The summed E-state index contributed by atoms with van der Waals surface area (Å²) in [5, 5.41) is 3.22. The maximum Gasteiger partial charge on any atom is 0.232 e. The molecule has 1 fully saturated rings. The summed E-state index contributed by atoms with van der Waals surface area (Å²) in [7, 11) is 1.60. The van der Waals surface area contributed by atoms with Gasteiger partial charge in [0.15, 0.2) is 0 Å². The van der Waals surface area contributed by atoms with E-state index >= 15 is 0 Å². The fraction of sp³-hybridized carbons (Fsp3) is 0.636.